The van der Waals surface area contributed by atoms with Crippen molar-refractivity contribution < 1.29 is 4.92 Å². The van der Waals surface area contributed by atoms with Crippen LogP contribution in [-0.4, -0.2) is 29.5 Å². The second-order valence-corrected chi connectivity index (χ2v) is 6.62. The molecular formula is C16H25N3O2. The Balaban J connectivity index is 2.21. The highest BCUT2D eigenvalue weighted by Crippen LogP contribution is 2.33. The lowest BCUT2D eigenvalue weighted by molar-refractivity contribution is -0.384. The number of anilines is 1. The van der Waals surface area contributed by atoms with Crippen molar-refractivity contribution in [3.8, 4) is 0 Å². The zero-order valence-corrected chi connectivity index (χ0v) is 13.2. The van der Waals surface area contributed by atoms with Crippen molar-refractivity contribution in [3.05, 3.63) is 33.9 Å². The van der Waals surface area contributed by atoms with Crippen LogP contribution in [0.2, 0.25) is 0 Å². The predicted molar refractivity (Wildman–Crippen MR) is 85.6 cm³/mol. The Morgan fingerprint density at radius 1 is 1.43 bits per heavy atom. The van der Waals surface area contributed by atoms with Crippen LogP contribution in [0.25, 0.3) is 0 Å². The highest BCUT2D eigenvalue weighted by atomic mass is 16.6. The maximum Gasteiger partial charge on any atom is 0.292 e. The quantitative estimate of drug-likeness (QED) is 0.642. The van der Waals surface area contributed by atoms with E-state index in [-0.39, 0.29) is 10.6 Å². The van der Waals surface area contributed by atoms with Crippen LogP contribution >= 0.6 is 0 Å². The fourth-order valence-corrected chi connectivity index (χ4v) is 2.92. The normalized spacial score (nSPS) is 17.9. The molecule has 0 saturated carbocycles. The van der Waals surface area contributed by atoms with Gasteiger partial charge in [-0.25, -0.2) is 0 Å². The molecule has 5 heteroatoms. The number of nitro benzene ring substituents is 1. The molecule has 0 amide bonds. The third kappa shape index (κ3) is 3.94. The van der Waals surface area contributed by atoms with Gasteiger partial charge in [0.1, 0.15) is 5.69 Å². The number of nitrogens with one attached hydrogen (secondary N) is 1. The van der Waals surface area contributed by atoms with Gasteiger partial charge in [0.25, 0.3) is 5.69 Å². The summed E-state index contributed by atoms with van der Waals surface area (Å²) in [6.45, 7) is 10.2. The summed E-state index contributed by atoms with van der Waals surface area (Å²) in [5.41, 5.74) is 2.24. The summed E-state index contributed by atoms with van der Waals surface area (Å²) >= 11 is 0. The number of benzene rings is 1. The second kappa shape index (κ2) is 6.43. The van der Waals surface area contributed by atoms with Gasteiger partial charge in [-0.05, 0) is 30.4 Å². The van der Waals surface area contributed by atoms with Crippen LogP contribution in [0.15, 0.2) is 18.2 Å². The Hall–Kier alpha value is -1.62. The SMILES string of the molecule is CCCNc1c(CN2CCC(C)(C)C2)cccc1[N+](=O)[O-]. The van der Waals surface area contributed by atoms with Crippen molar-refractivity contribution in [1.82, 2.24) is 4.90 Å². The van der Waals surface area contributed by atoms with Crippen LogP contribution < -0.4 is 5.32 Å². The lowest BCUT2D eigenvalue weighted by Crippen LogP contribution is -2.23. The molecule has 5 nitrogen and oxygen atoms in total. The molecule has 0 unspecified atom stereocenters. The van der Waals surface area contributed by atoms with Gasteiger partial charge in [-0.2, -0.15) is 0 Å². The van der Waals surface area contributed by atoms with E-state index in [9.17, 15) is 10.1 Å². The standard InChI is InChI=1S/C16H25N3O2/c1-4-9-17-15-13(6-5-7-14(15)19(20)21)11-18-10-8-16(2,3)12-18/h5-7,17H,4,8-12H2,1-3H3. The van der Waals surface area contributed by atoms with Crippen LogP contribution in [0.1, 0.15) is 39.2 Å². The van der Waals surface area contributed by atoms with Gasteiger partial charge in [-0.1, -0.05) is 32.9 Å². The van der Waals surface area contributed by atoms with E-state index in [0.29, 0.717) is 11.1 Å². The highest BCUT2D eigenvalue weighted by Gasteiger charge is 2.30. The minimum Gasteiger partial charge on any atom is -0.379 e. The summed E-state index contributed by atoms with van der Waals surface area (Å²) in [5.74, 6) is 0. The van der Waals surface area contributed by atoms with Gasteiger partial charge in [0.05, 0.1) is 4.92 Å². The summed E-state index contributed by atoms with van der Waals surface area (Å²) in [7, 11) is 0. The number of rotatable bonds is 6. The van der Waals surface area contributed by atoms with Crippen molar-refractivity contribution in [3.63, 3.8) is 0 Å². The molecular weight excluding hydrogens is 266 g/mol. The average molecular weight is 291 g/mol. The Morgan fingerprint density at radius 2 is 2.19 bits per heavy atom. The minimum absolute atomic E-state index is 0.180. The molecule has 0 bridgehead atoms. The molecule has 0 aliphatic carbocycles. The van der Waals surface area contributed by atoms with Gasteiger partial charge >= 0.3 is 0 Å². The number of likely N-dealkylation sites (tertiary alicyclic amines) is 1. The fourth-order valence-electron chi connectivity index (χ4n) is 2.92. The maximum atomic E-state index is 11.2. The number of nitrogens with zero attached hydrogens (tertiary/aromatic N) is 2. The van der Waals surface area contributed by atoms with E-state index in [1.165, 1.54) is 6.42 Å². The van der Waals surface area contributed by atoms with Crippen LogP contribution in [0, 0.1) is 15.5 Å². The molecule has 21 heavy (non-hydrogen) atoms. The first kappa shape index (κ1) is 15.8. The molecule has 1 N–H and O–H groups in total. The number of para-hydroxylation sites is 1. The third-order valence-electron chi connectivity index (χ3n) is 4.03. The average Bonchev–Trinajstić information content (AvgIpc) is 2.76. The molecule has 0 spiro atoms. The van der Waals surface area contributed by atoms with Crippen molar-refractivity contribution >= 4 is 11.4 Å². The number of nitro groups is 1. The molecule has 1 fully saturated rings. The molecule has 0 atom stereocenters. The van der Waals surface area contributed by atoms with Crippen molar-refractivity contribution in [1.29, 1.82) is 0 Å². The van der Waals surface area contributed by atoms with Crippen LogP contribution in [-0.2, 0) is 6.54 Å². The zero-order chi connectivity index (χ0) is 15.5. The topological polar surface area (TPSA) is 58.4 Å². The lowest BCUT2D eigenvalue weighted by atomic mass is 9.93. The maximum absolute atomic E-state index is 11.2. The zero-order valence-electron chi connectivity index (χ0n) is 13.2. The van der Waals surface area contributed by atoms with Crippen LogP contribution in [0.5, 0.6) is 0 Å². The molecule has 1 aromatic carbocycles. The largest absolute Gasteiger partial charge is 0.379 e. The first-order valence-corrected chi connectivity index (χ1v) is 7.65. The third-order valence-corrected chi connectivity index (χ3v) is 4.03. The molecule has 1 aromatic rings. The Labute approximate surface area is 126 Å². The first-order chi connectivity index (χ1) is 9.93. The van der Waals surface area contributed by atoms with Gasteiger partial charge in [-0.15, -0.1) is 0 Å². The number of hydrogen-bond acceptors (Lipinski definition) is 4. The molecule has 2 rings (SSSR count). The summed E-state index contributed by atoms with van der Waals surface area (Å²) < 4.78 is 0. The summed E-state index contributed by atoms with van der Waals surface area (Å²) in [6.07, 6.45) is 2.13. The van der Waals surface area contributed by atoms with Crippen molar-refractivity contribution in [2.24, 2.45) is 5.41 Å². The van der Waals surface area contributed by atoms with Gasteiger partial charge in [0.2, 0.25) is 0 Å². The Kier molecular flexibility index (Phi) is 4.83. The smallest absolute Gasteiger partial charge is 0.292 e. The second-order valence-electron chi connectivity index (χ2n) is 6.62. The van der Waals surface area contributed by atoms with E-state index in [4.69, 9.17) is 0 Å². The van der Waals surface area contributed by atoms with Gasteiger partial charge in [0.15, 0.2) is 0 Å². The molecule has 0 aromatic heterocycles. The molecule has 1 saturated heterocycles. The minimum atomic E-state index is -0.296. The first-order valence-electron chi connectivity index (χ1n) is 7.65. The summed E-state index contributed by atoms with van der Waals surface area (Å²) in [4.78, 5) is 13.3. The summed E-state index contributed by atoms with van der Waals surface area (Å²) in [6, 6.07) is 5.36. The highest BCUT2D eigenvalue weighted by molar-refractivity contribution is 5.66. The predicted octanol–water partition coefficient (Wildman–Crippen LogP) is 3.65. The van der Waals surface area contributed by atoms with Crippen molar-refractivity contribution in [2.75, 3.05) is 25.0 Å². The molecule has 116 valence electrons. The Morgan fingerprint density at radius 3 is 2.76 bits per heavy atom. The monoisotopic (exact) mass is 291 g/mol. The number of hydrogen-bond donors (Lipinski definition) is 1. The molecule has 1 aliphatic rings. The van der Waals surface area contributed by atoms with E-state index >= 15 is 0 Å². The fraction of sp³-hybridized carbons (Fsp3) is 0.625. The van der Waals surface area contributed by atoms with E-state index < -0.39 is 0 Å². The Bertz CT molecular complexity index is 514. The van der Waals surface area contributed by atoms with Gasteiger partial charge in [-0.3, -0.25) is 15.0 Å². The van der Waals surface area contributed by atoms with Crippen LogP contribution in [0.4, 0.5) is 11.4 Å². The van der Waals surface area contributed by atoms with E-state index in [0.717, 1.165) is 38.2 Å². The molecule has 1 aliphatic heterocycles. The van der Waals surface area contributed by atoms with Crippen LogP contribution in [0.3, 0.4) is 0 Å². The van der Waals surface area contributed by atoms with Gasteiger partial charge in [0, 0.05) is 25.7 Å². The van der Waals surface area contributed by atoms with Crippen molar-refractivity contribution in [2.45, 2.75) is 40.2 Å². The van der Waals surface area contributed by atoms with Gasteiger partial charge < -0.3 is 5.32 Å². The summed E-state index contributed by atoms with van der Waals surface area (Å²) in [5, 5.41) is 14.5. The van der Waals surface area contributed by atoms with E-state index in [2.05, 4.69) is 31.0 Å². The molecule has 1 heterocycles. The van der Waals surface area contributed by atoms with E-state index in [1.54, 1.807) is 12.1 Å². The lowest BCUT2D eigenvalue weighted by Gasteiger charge is -2.21. The molecule has 0 radical (unpaired) electrons. The van der Waals surface area contributed by atoms with E-state index in [1.807, 2.05) is 6.07 Å².